The Balaban J connectivity index is 1.52. The number of aliphatic hydroxyl groups is 1. The van der Waals surface area contributed by atoms with Crippen molar-refractivity contribution < 1.29 is 14.6 Å². The van der Waals surface area contributed by atoms with E-state index in [0.29, 0.717) is 16.7 Å². The maximum atomic E-state index is 12.3. The fourth-order valence-electron chi connectivity index (χ4n) is 2.71. The lowest BCUT2D eigenvalue weighted by molar-refractivity contribution is -0.127. The molecule has 1 aliphatic rings. The van der Waals surface area contributed by atoms with Crippen LogP contribution in [0.15, 0.2) is 48.5 Å². The van der Waals surface area contributed by atoms with Gasteiger partial charge < -0.3 is 15.2 Å². The van der Waals surface area contributed by atoms with Crippen LogP contribution in [0.5, 0.6) is 5.75 Å². The average Bonchev–Trinajstić information content (AvgIpc) is 3.34. The lowest BCUT2D eigenvalue weighted by Gasteiger charge is -2.15. The largest absolute Gasteiger partial charge is 0.481 e. The molecule has 0 aromatic heterocycles. The van der Waals surface area contributed by atoms with E-state index in [2.05, 4.69) is 5.32 Å². The molecule has 2 aromatic rings. The number of halogens is 1. The summed E-state index contributed by atoms with van der Waals surface area (Å²) in [6.07, 6.45) is 0.338. The monoisotopic (exact) mass is 345 g/mol. The first-order valence-corrected chi connectivity index (χ1v) is 8.37. The number of hydrogen-bond acceptors (Lipinski definition) is 3. The average molecular weight is 346 g/mol. The maximum Gasteiger partial charge on any atom is 0.261 e. The molecule has 126 valence electrons. The van der Waals surface area contributed by atoms with Crippen LogP contribution in [0.4, 0.5) is 0 Å². The Bertz CT molecular complexity index is 717. The van der Waals surface area contributed by atoms with Crippen LogP contribution in [-0.2, 0) is 11.4 Å². The third-order valence-electron chi connectivity index (χ3n) is 4.18. The van der Waals surface area contributed by atoms with E-state index in [0.717, 1.165) is 12.0 Å². The zero-order valence-corrected chi connectivity index (χ0v) is 14.2. The second-order valence-corrected chi connectivity index (χ2v) is 6.51. The van der Waals surface area contributed by atoms with Crippen molar-refractivity contribution in [2.75, 3.05) is 0 Å². The molecule has 3 atom stereocenters. The van der Waals surface area contributed by atoms with Gasteiger partial charge in [-0.25, -0.2) is 0 Å². The molecular formula is C19H20ClNO3. The number of rotatable bonds is 6. The third-order valence-corrected chi connectivity index (χ3v) is 4.43. The molecule has 1 aliphatic carbocycles. The van der Waals surface area contributed by atoms with Gasteiger partial charge in [-0.2, -0.15) is 0 Å². The first-order valence-electron chi connectivity index (χ1n) is 7.99. The van der Waals surface area contributed by atoms with Gasteiger partial charge in [0, 0.05) is 17.0 Å². The van der Waals surface area contributed by atoms with E-state index in [1.807, 2.05) is 24.3 Å². The van der Waals surface area contributed by atoms with Crippen LogP contribution in [0.2, 0.25) is 5.02 Å². The second kappa shape index (κ2) is 7.24. The van der Waals surface area contributed by atoms with Crippen molar-refractivity contribution in [1.82, 2.24) is 5.32 Å². The second-order valence-electron chi connectivity index (χ2n) is 6.07. The molecule has 24 heavy (non-hydrogen) atoms. The van der Waals surface area contributed by atoms with Crippen LogP contribution in [-0.4, -0.2) is 23.2 Å². The van der Waals surface area contributed by atoms with Gasteiger partial charge in [0.1, 0.15) is 5.75 Å². The highest BCUT2D eigenvalue weighted by Gasteiger charge is 2.40. The van der Waals surface area contributed by atoms with E-state index < -0.39 is 6.10 Å². The van der Waals surface area contributed by atoms with Crippen molar-refractivity contribution in [2.45, 2.75) is 38.0 Å². The standard InChI is InChI=1S/C19H20ClNO3/c1-12(24-16-4-2-3-13(9-16)11-22)19(23)21-18-10-17(18)14-5-7-15(20)8-6-14/h2-9,12,17-18,22H,10-11H2,1H3,(H,21,23)/t12-,17+,18-/m1/s1. The van der Waals surface area contributed by atoms with E-state index in [1.54, 1.807) is 31.2 Å². The summed E-state index contributed by atoms with van der Waals surface area (Å²) in [5, 5.41) is 12.9. The Labute approximate surface area is 146 Å². The van der Waals surface area contributed by atoms with Crippen molar-refractivity contribution >= 4 is 17.5 Å². The highest BCUT2D eigenvalue weighted by Crippen LogP contribution is 2.41. The summed E-state index contributed by atoms with van der Waals surface area (Å²) in [7, 11) is 0. The summed E-state index contributed by atoms with van der Waals surface area (Å²) in [5.74, 6) is 0.788. The lowest BCUT2D eigenvalue weighted by atomic mass is 10.1. The molecule has 0 spiro atoms. The van der Waals surface area contributed by atoms with Crippen LogP contribution in [0, 0.1) is 0 Å². The molecule has 4 nitrogen and oxygen atoms in total. The zero-order chi connectivity index (χ0) is 17.1. The lowest BCUT2D eigenvalue weighted by Crippen LogP contribution is -2.38. The van der Waals surface area contributed by atoms with E-state index in [9.17, 15) is 4.79 Å². The van der Waals surface area contributed by atoms with E-state index >= 15 is 0 Å². The molecule has 1 fully saturated rings. The highest BCUT2D eigenvalue weighted by molar-refractivity contribution is 6.30. The quantitative estimate of drug-likeness (QED) is 0.844. The first-order chi connectivity index (χ1) is 11.6. The summed E-state index contributed by atoms with van der Waals surface area (Å²) in [6, 6.07) is 15.0. The van der Waals surface area contributed by atoms with E-state index in [1.165, 1.54) is 5.56 Å². The number of amides is 1. The fraction of sp³-hybridized carbons (Fsp3) is 0.316. The van der Waals surface area contributed by atoms with Crippen molar-refractivity contribution in [2.24, 2.45) is 0 Å². The molecular weight excluding hydrogens is 326 g/mol. The summed E-state index contributed by atoms with van der Waals surface area (Å²) < 4.78 is 5.66. The molecule has 1 amide bonds. The Hall–Kier alpha value is -2.04. The number of nitrogens with one attached hydrogen (secondary N) is 1. The highest BCUT2D eigenvalue weighted by atomic mass is 35.5. The number of carbonyl (C=O) groups excluding carboxylic acids is 1. The minimum absolute atomic E-state index is 0.0530. The minimum atomic E-state index is -0.592. The van der Waals surface area contributed by atoms with Gasteiger partial charge in [0.25, 0.3) is 5.91 Å². The molecule has 0 bridgehead atoms. The number of ether oxygens (including phenoxy) is 1. The molecule has 2 aromatic carbocycles. The van der Waals surface area contributed by atoms with Crippen LogP contribution in [0.1, 0.15) is 30.4 Å². The van der Waals surface area contributed by atoms with Crippen LogP contribution in [0.25, 0.3) is 0 Å². The number of hydrogen-bond donors (Lipinski definition) is 2. The Morgan fingerprint density at radius 1 is 1.33 bits per heavy atom. The van der Waals surface area contributed by atoms with Crippen molar-refractivity contribution in [1.29, 1.82) is 0 Å². The van der Waals surface area contributed by atoms with Gasteiger partial charge in [0.15, 0.2) is 6.10 Å². The number of carbonyl (C=O) groups is 1. The molecule has 0 heterocycles. The zero-order valence-electron chi connectivity index (χ0n) is 13.4. The van der Waals surface area contributed by atoms with Crippen molar-refractivity contribution in [3.8, 4) is 5.75 Å². The Kier molecular flexibility index (Phi) is 5.07. The van der Waals surface area contributed by atoms with Gasteiger partial charge >= 0.3 is 0 Å². The number of benzene rings is 2. The molecule has 0 saturated heterocycles. The number of aliphatic hydroxyl groups excluding tert-OH is 1. The van der Waals surface area contributed by atoms with Gasteiger partial charge in [0.05, 0.1) is 6.61 Å². The third kappa shape index (κ3) is 4.08. The molecule has 2 N–H and O–H groups in total. The van der Waals surface area contributed by atoms with Gasteiger partial charge in [-0.3, -0.25) is 4.79 Å². The Morgan fingerprint density at radius 2 is 2.08 bits per heavy atom. The predicted molar refractivity (Wildman–Crippen MR) is 93.2 cm³/mol. The van der Waals surface area contributed by atoms with Crippen molar-refractivity contribution in [3.63, 3.8) is 0 Å². The predicted octanol–water partition coefficient (Wildman–Crippen LogP) is 3.27. The molecule has 0 aliphatic heterocycles. The maximum absolute atomic E-state index is 12.3. The van der Waals surface area contributed by atoms with Gasteiger partial charge in [0.2, 0.25) is 0 Å². The van der Waals surface area contributed by atoms with E-state index in [4.69, 9.17) is 21.4 Å². The first kappa shape index (κ1) is 16.8. The SMILES string of the molecule is C[C@@H](Oc1cccc(CO)c1)C(=O)N[C@@H]1C[C@H]1c1ccc(Cl)cc1. The normalized spacial score (nSPS) is 20.3. The minimum Gasteiger partial charge on any atom is -0.481 e. The van der Waals surface area contributed by atoms with Gasteiger partial charge in [-0.05, 0) is 48.7 Å². The topological polar surface area (TPSA) is 58.6 Å². The smallest absolute Gasteiger partial charge is 0.261 e. The fourth-order valence-corrected chi connectivity index (χ4v) is 2.83. The Morgan fingerprint density at radius 3 is 2.79 bits per heavy atom. The molecule has 1 saturated carbocycles. The molecule has 0 unspecified atom stereocenters. The summed E-state index contributed by atoms with van der Waals surface area (Å²) in [4.78, 5) is 12.3. The van der Waals surface area contributed by atoms with Gasteiger partial charge in [-0.1, -0.05) is 35.9 Å². The summed E-state index contributed by atoms with van der Waals surface area (Å²) in [5.41, 5.74) is 1.94. The summed E-state index contributed by atoms with van der Waals surface area (Å²) >= 11 is 5.90. The summed E-state index contributed by atoms with van der Waals surface area (Å²) in [6.45, 7) is 1.67. The van der Waals surface area contributed by atoms with E-state index in [-0.39, 0.29) is 18.6 Å². The molecule has 0 radical (unpaired) electrons. The van der Waals surface area contributed by atoms with Crippen LogP contribution >= 0.6 is 11.6 Å². The van der Waals surface area contributed by atoms with Crippen molar-refractivity contribution in [3.05, 3.63) is 64.7 Å². The van der Waals surface area contributed by atoms with Gasteiger partial charge in [-0.15, -0.1) is 0 Å². The van der Waals surface area contributed by atoms with Crippen LogP contribution in [0.3, 0.4) is 0 Å². The van der Waals surface area contributed by atoms with Crippen LogP contribution < -0.4 is 10.1 Å². The molecule has 3 rings (SSSR count). The molecule has 5 heteroatoms.